The molecule has 4 rings (SSSR count). The smallest absolute Gasteiger partial charge is 0.336 e. The lowest BCUT2D eigenvalue weighted by Gasteiger charge is -2.17. The molecule has 0 aliphatic carbocycles. The molecule has 4 aromatic rings. The second-order valence-electron chi connectivity index (χ2n) is 7.18. The van der Waals surface area contributed by atoms with E-state index < -0.39 is 11.2 Å². The van der Waals surface area contributed by atoms with Gasteiger partial charge in [0, 0.05) is 12.1 Å². The van der Waals surface area contributed by atoms with Crippen LogP contribution in [0.3, 0.4) is 0 Å². The number of hydrogen-bond donors (Lipinski definition) is 0. The van der Waals surface area contributed by atoms with Crippen LogP contribution in [0.25, 0.3) is 16.6 Å². The fraction of sp³-hybridized carbons (Fsp3) is 0.160. The highest BCUT2D eigenvalue weighted by Gasteiger charge is 2.20. The molecule has 3 aromatic carbocycles. The molecular formula is C25H21N3O5. The normalized spacial score (nSPS) is 10.6. The fourth-order valence-corrected chi connectivity index (χ4v) is 3.84. The maximum atomic E-state index is 13.7. The van der Waals surface area contributed by atoms with Crippen molar-refractivity contribution >= 4 is 10.9 Å². The van der Waals surface area contributed by atoms with Crippen LogP contribution in [0.5, 0.6) is 17.2 Å². The van der Waals surface area contributed by atoms with Gasteiger partial charge in [-0.2, -0.15) is 5.26 Å². The van der Waals surface area contributed by atoms with Gasteiger partial charge in [0.15, 0.2) is 11.5 Å². The summed E-state index contributed by atoms with van der Waals surface area (Å²) < 4.78 is 18.7. The van der Waals surface area contributed by atoms with Crippen molar-refractivity contribution in [2.45, 2.75) is 6.54 Å². The van der Waals surface area contributed by atoms with Crippen molar-refractivity contribution in [2.75, 3.05) is 21.3 Å². The Morgan fingerprint density at radius 3 is 2.15 bits per heavy atom. The van der Waals surface area contributed by atoms with Crippen LogP contribution >= 0.6 is 0 Å². The third-order valence-electron chi connectivity index (χ3n) is 5.42. The molecule has 0 N–H and O–H groups in total. The van der Waals surface area contributed by atoms with Crippen LogP contribution in [0.2, 0.25) is 0 Å². The molecule has 33 heavy (non-hydrogen) atoms. The monoisotopic (exact) mass is 443 g/mol. The van der Waals surface area contributed by atoms with Crippen molar-refractivity contribution in [3.63, 3.8) is 0 Å². The van der Waals surface area contributed by atoms with Gasteiger partial charge in [0.05, 0.1) is 56.1 Å². The summed E-state index contributed by atoms with van der Waals surface area (Å²) in [5.74, 6) is 0.973. The number of nitrogens with zero attached hydrogens (tertiary/aromatic N) is 3. The Kier molecular flexibility index (Phi) is 5.87. The van der Waals surface area contributed by atoms with Crippen LogP contribution in [-0.2, 0) is 6.54 Å². The molecule has 0 aliphatic rings. The van der Waals surface area contributed by atoms with Crippen molar-refractivity contribution in [1.29, 1.82) is 5.26 Å². The number of ether oxygens (including phenoxy) is 3. The predicted molar refractivity (Wildman–Crippen MR) is 124 cm³/mol. The molecule has 1 aromatic heterocycles. The van der Waals surface area contributed by atoms with E-state index in [0.29, 0.717) is 39.3 Å². The first-order valence-corrected chi connectivity index (χ1v) is 10.1. The summed E-state index contributed by atoms with van der Waals surface area (Å²) >= 11 is 0. The van der Waals surface area contributed by atoms with Gasteiger partial charge >= 0.3 is 5.69 Å². The average molecular weight is 443 g/mol. The summed E-state index contributed by atoms with van der Waals surface area (Å²) in [4.78, 5) is 27.1. The molecule has 166 valence electrons. The number of benzene rings is 3. The Bertz CT molecular complexity index is 1490. The van der Waals surface area contributed by atoms with Gasteiger partial charge in [-0.1, -0.05) is 30.3 Å². The molecule has 0 atom stereocenters. The topological polar surface area (TPSA) is 95.5 Å². The van der Waals surface area contributed by atoms with E-state index in [9.17, 15) is 14.9 Å². The van der Waals surface area contributed by atoms with Crippen molar-refractivity contribution in [1.82, 2.24) is 9.13 Å². The second kappa shape index (κ2) is 8.93. The van der Waals surface area contributed by atoms with Crippen LogP contribution in [0.4, 0.5) is 0 Å². The van der Waals surface area contributed by atoms with E-state index in [4.69, 9.17) is 14.2 Å². The molecule has 0 saturated carbocycles. The molecule has 1 heterocycles. The van der Waals surface area contributed by atoms with E-state index in [1.54, 1.807) is 60.7 Å². The minimum Gasteiger partial charge on any atom is -0.493 e. The minimum atomic E-state index is -0.555. The summed E-state index contributed by atoms with van der Waals surface area (Å²) in [5.41, 5.74) is 0.841. The first kappa shape index (κ1) is 21.7. The van der Waals surface area contributed by atoms with Gasteiger partial charge in [-0.05, 0) is 23.8 Å². The number of para-hydroxylation sites is 1. The highest BCUT2D eigenvalue weighted by molar-refractivity contribution is 5.78. The number of methoxy groups -OCH3 is 3. The third kappa shape index (κ3) is 3.70. The van der Waals surface area contributed by atoms with Crippen LogP contribution in [0.1, 0.15) is 11.1 Å². The quantitative estimate of drug-likeness (QED) is 0.454. The lowest BCUT2D eigenvalue weighted by Crippen LogP contribution is -2.39. The molecular weight excluding hydrogens is 422 g/mol. The van der Waals surface area contributed by atoms with E-state index in [2.05, 4.69) is 6.07 Å². The molecule has 0 fully saturated rings. The number of nitriles is 1. The summed E-state index contributed by atoms with van der Waals surface area (Å²) in [6, 6.07) is 19.2. The van der Waals surface area contributed by atoms with Crippen molar-refractivity contribution in [3.8, 4) is 29.0 Å². The Labute approximate surface area is 189 Å². The van der Waals surface area contributed by atoms with Crippen molar-refractivity contribution < 1.29 is 14.2 Å². The number of fused-ring (bicyclic) bond motifs is 1. The standard InChI is InChI=1S/C25H21N3O5/c1-31-21-12-18(13-22(32-2)23(21)33-3)28-24(29)19-10-6-7-11-20(19)27(25(28)30)15-17-9-5-4-8-16(17)14-26/h4-13H,15H2,1-3H3. The van der Waals surface area contributed by atoms with Crippen LogP contribution in [0.15, 0.2) is 70.3 Å². The summed E-state index contributed by atoms with van der Waals surface area (Å²) in [5, 5.41) is 9.85. The van der Waals surface area contributed by atoms with Crippen molar-refractivity contribution in [3.05, 3.63) is 92.6 Å². The maximum Gasteiger partial charge on any atom is 0.336 e. The average Bonchev–Trinajstić information content (AvgIpc) is 2.86. The fourth-order valence-electron chi connectivity index (χ4n) is 3.84. The van der Waals surface area contributed by atoms with E-state index in [0.717, 1.165) is 4.57 Å². The molecule has 0 radical (unpaired) electrons. The van der Waals surface area contributed by atoms with Crippen molar-refractivity contribution in [2.24, 2.45) is 0 Å². The Balaban J connectivity index is 2.05. The molecule has 0 saturated heterocycles. The Morgan fingerprint density at radius 2 is 1.52 bits per heavy atom. The number of hydrogen-bond acceptors (Lipinski definition) is 6. The van der Waals surface area contributed by atoms with Gasteiger partial charge in [-0.25, -0.2) is 9.36 Å². The lowest BCUT2D eigenvalue weighted by molar-refractivity contribution is 0.324. The van der Waals surface area contributed by atoms with E-state index in [1.807, 2.05) is 0 Å². The highest BCUT2D eigenvalue weighted by atomic mass is 16.5. The molecule has 8 heteroatoms. The zero-order valence-corrected chi connectivity index (χ0v) is 18.4. The zero-order valence-electron chi connectivity index (χ0n) is 18.4. The minimum absolute atomic E-state index is 0.119. The summed E-state index contributed by atoms with van der Waals surface area (Å²) in [6.45, 7) is 0.119. The summed E-state index contributed by atoms with van der Waals surface area (Å²) in [6.07, 6.45) is 0. The van der Waals surface area contributed by atoms with E-state index in [-0.39, 0.29) is 12.2 Å². The number of rotatable bonds is 6. The van der Waals surface area contributed by atoms with Gasteiger partial charge in [-0.15, -0.1) is 0 Å². The highest BCUT2D eigenvalue weighted by Crippen LogP contribution is 2.38. The van der Waals surface area contributed by atoms with Gasteiger partial charge in [0.1, 0.15) is 0 Å². The third-order valence-corrected chi connectivity index (χ3v) is 5.42. The van der Waals surface area contributed by atoms with Crippen LogP contribution in [0, 0.1) is 11.3 Å². The van der Waals surface area contributed by atoms with E-state index >= 15 is 0 Å². The number of aromatic nitrogens is 2. The molecule has 0 amide bonds. The summed E-state index contributed by atoms with van der Waals surface area (Å²) in [7, 11) is 4.39. The van der Waals surface area contributed by atoms with Crippen LogP contribution in [-0.4, -0.2) is 30.5 Å². The van der Waals surface area contributed by atoms with Gasteiger partial charge in [-0.3, -0.25) is 9.36 Å². The zero-order chi connectivity index (χ0) is 23.5. The van der Waals surface area contributed by atoms with Gasteiger partial charge < -0.3 is 14.2 Å². The molecule has 0 spiro atoms. The lowest BCUT2D eigenvalue weighted by atomic mass is 10.1. The maximum absolute atomic E-state index is 13.7. The van der Waals surface area contributed by atoms with Gasteiger partial charge in [0.25, 0.3) is 5.56 Å². The molecule has 0 bridgehead atoms. The molecule has 0 aliphatic heterocycles. The van der Waals surface area contributed by atoms with Crippen LogP contribution < -0.4 is 25.5 Å². The molecule has 0 unspecified atom stereocenters. The SMILES string of the molecule is COc1cc(-n2c(=O)c3ccccc3n(Cc3ccccc3C#N)c2=O)cc(OC)c1OC. The Hall–Kier alpha value is -4.51. The van der Waals surface area contributed by atoms with Gasteiger partial charge in [0.2, 0.25) is 5.75 Å². The first-order valence-electron chi connectivity index (χ1n) is 10.1. The first-order chi connectivity index (χ1) is 16.0. The Morgan fingerprint density at radius 1 is 0.879 bits per heavy atom. The molecule has 8 nitrogen and oxygen atoms in total. The predicted octanol–water partition coefficient (Wildman–Crippen LogP) is 3.10. The van der Waals surface area contributed by atoms with E-state index in [1.165, 1.54) is 25.9 Å². The second-order valence-corrected chi connectivity index (χ2v) is 7.18. The largest absolute Gasteiger partial charge is 0.493 e.